The van der Waals surface area contributed by atoms with Crippen molar-refractivity contribution >= 4 is 34.5 Å². The lowest BCUT2D eigenvalue weighted by molar-refractivity contribution is -0.385. The van der Waals surface area contributed by atoms with Gasteiger partial charge in [0.25, 0.3) is 5.69 Å². The molecule has 0 aliphatic carbocycles. The van der Waals surface area contributed by atoms with E-state index in [1.165, 1.54) is 18.0 Å². The molecule has 2 heterocycles. The van der Waals surface area contributed by atoms with Gasteiger partial charge < -0.3 is 4.74 Å². The first-order valence-corrected chi connectivity index (χ1v) is 10.9. The number of hydrogen-bond donors (Lipinski definition) is 0. The number of nitro benzene ring substituents is 1. The number of carbonyl (C=O) groups is 1. The van der Waals surface area contributed by atoms with Gasteiger partial charge in [0.1, 0.15) is 0 Å². The van der Waals surface area contributed by atoms with Gasteiger partial charge in [-0.3, -0.25) is 14.9 Å². The number of aromatic nitrogens is 1. The average Bonchev–Trinajstić information content (AvgIpc) is 3.32. The summed E-state index contributed by atoms with van der Waals surface area (Å²) in [6, 6.07) is 25.7. The van der Waals surface area contributed by atoms with E-state index in [9.17, 15) is 14.9 Å². The van der Waals surface area contributed by atoms with Gasteiger partial charge in [-0.1, -0.05) is 60.7 Å². The summed E-state index contributed by atoms with van der Waals surface area (Å²) in [6.45, 7) is 1.39. The molecule has 8 nitrogen and oxygen atoms in total. The lowest BCUT2D eigenvalue weighted by Crippen LogP contribution is -2.30. The summed E-state index contributed by atoms with van der Waals surface area (Å²) in [4.78, 5) is 28.0. The van der Waals surface area contributed by atoms with Crippen LogP contribution in [0.25, 0.3) is 28.2 Å². The molecular weight excluding hydrogens is 444 g/mol. The number of rotatable bonds is 5. The van der Waals surface area contributed by atoms with E-state index >= 15 is 0 Å². The molecule has 1 aliphatic heterocycles. The minimum Gasteiger partial charge on any atom is -0.446 e. The second-order valence-corrected chi connectivity index (χ2v) is 7.89. The van der Waals surface area contributed by atoms with Gasteiger partial charge in [0.2, 0.25) is 18.0 Å². The molecule has 4 aromatic rings. The summed E-state index contributed by atoms with van der Waals surface area (Å²) in [6.07, 6.45) is 2.30. The summed E-state index contributed by atoms with van der Waals surface area (Å²) in [7, 11) is 0. The predicted molar refractivity (Wildman–Crippen MR) is 133 cm³/mol. The molecule has 1 unspecified atom stereocenters. The van der Waals surface area contributed by atoms with Crippen molar-refractivity contribution in [1.82, 2.24) is 9.99 Å². The van der Waals surface area contributed by atoms with Crippen molar-refractivity contribution in [1.29, 1.82) is 0 Å². The van der Waals surface area contributed by atoms with Crippen molar-refractivity contribution in [2.45, 2.75) is 13.2 Å². The minimum absolute atomic E-state index is 0.0371. The molecular formula is C27H20N4O4. The number of ether oxygens (including phenoxy) is 1. The first kappa shape index (κ1) is 22.0. The van der Waals surface area contributed by atoms with Crippen molar-refractivity contribution in [2.24, 2.45) is 5.10 Å². The molecule has 0 fully saturated rings. The number of hydrogen-bond acceptors (Lipinski definition) is 6. The number of nitro groups is 1. The van der Waals surface area contributed by atoms with Gasteiger partial charge >= 0.3 is 0 Å². The molecule has 8 heteroatoms. The molecule has 3 aromatic carbocycles. The predicted octanol–water partition coefficient (Wildman–Crippen LogP) is 5.39. The van der Waals surface area contributed by atoms with E-state index < -0.39 is 11.2 Å². The summed E-state index contributed by atoms with van der Waals surface area (Å²) < 4.78 is 6.11. The van der Waals surface area contributed by atoms with Gasteiger partial charge in [0, 0.05) is 29.5 Å². The number of nitrogens with zero attached hydrogens (tertiary/aromatic N) is 4. The Hall–Kier alpha value is -4.85. The van der Waals surface area contributed by atoms with E-state index in [2.05, 4.69) is 5.10 Å². The van der Waals surface area contributed by atoms with Crippen molar-refractivity contribution in [3.63, 3.8) is 0 Å². The third-order valence-corrected chi connectivity index (χ3v) is 5.58. The maximum atomic E-state index is 12.4. The topological polar surface area (TPSA) is 97.9 Å². The molecule has 172 valence electrons. The van der Waals surface area contributed by atoms with E-state index in [4.69, 9.17) is 9.72 Å². The number of hydrazone groups is 1. The summed E-state index contributed by atoms with van der Waals surface area (Å²) in [5.41, 5.74) is 3.52. The molecule has 0 N–H and O–H groups in total. The molecule has 0 radical (unpaired) electrons. The smallest absolute Gasteiger partial charge is 0.276 e. The van der Waals surface area contributed by atoms with Crippen molar-refractivity contribution in [3.8, 4) is 11.3 Å². The quantitative estimate of drug-likeness (QED) is 0.291. The summed E-state index contributed by atoms with van der Waals surface area (Å²) in [5.74, 6) is -0.0490. The highest BCUT2D eigenvalue weighted by atomic mass is 16.6. The maximum Gasteiger partial charge on any atom is 0.276 e. The van der Waals surface area contributed by atoms with Crippen LogP contribution in [-0.4, -0.2) is 32.9 Å². The minimum atomic E-state index is -0.852. The Morgan fingerprint density at radius 2 is 1.74 bits per heavy atom. The van der Waals surface area contributed by atoms with Crippen LogP contribution in [0.15, 0.2) is 96.1 Å². The normalized spacial score (nSPS) is 15.3. The monoisotopic (exact) mass is 464 g/mol. The number of benzene rings is 3. The molecule has 35 heavy (non-hydrogen) atoms. The molecule has 5 rings (SSSR count). The van der Waals surface area contributed by atoms with Crippen LogP contribution in [0.5, 0.6) is 0 Å². The Kier molecular flexibility index (Phi) is 5.76. The van der Waals surface area contributed by atoms with Gasteiger partial charge in [-0.15, -0.1) is 5.10 Å². The van der Waals surface area contributed by atoms with Crippen LogP contribution in [0.1, 0.15) is 18.1 Å². The van der Waals surface area contributed by atoms with Crippen LogP contribution in [-0.2, 0) is 9.53 Å². The highest BCUT2D eigenvalue weighted by Gasteiger charge is 2.31. The van der Waals surface area contributed by atoms with Crippen LogP contribution >= 0.6 is 0 Å². The fourth-order valence-corrected chi connectivity index (χ4v) is 3.92. The number of pyridine rings is 1. The fraction of sp³-hybridized carbons (Fsp3) is 0.0741. The highest BCUT2D eigenvalue weighted by molar-refractivity contribution is 6.08. The van der Waals surface area contributed by atoms with E-state index in [0.29, 0.717) is 11.1 Å². The van der Waals surface area contributed by atoms with Crippen LogP contribution in [0, 0.1) is 10.1 Å². The third-order valence-electron chi connectivity index (χ3n) is 5.58. The van der Waals surface area contributed by atoms with Crippen molar-refractivity contribution in [2.75, 3.05) is 0 Å². The van der Waals surface area contributed by atoms with E-state index in [0.717, 1.165) is 22.2 Å². The number of fused-ring (bicyclic) bond motifs is 1. The van der Waals surface area contributed by atoms with Gasteiger partial charge in [-0.2, -0.15) is 5.01 Å². The second kappa shape index (κ2) is 9.18. The van der Waals surface area contributed by atoms with Gasteiger partial charge in [0.05, 0.1) is 21.7 Å². The summed E-state index contributed by atoms with van der Waals surface area (Å²) >= 11 is 0. The van der Waals surface area contributed by atoms with Crippen LogP contribution in [0.2, 0.25) is 0 Å². The molecule has 0 bridgehead atoms. The Morgan fingerprint density at radius 1 is 1.03 bits per heavy atom. The first-order valence-electron chi connectivity index (χ1n) is 10.9. The Morgan fingerprint density at radius 3 is 2.51 bits per heavy atom. The first-order chi connectivity index (χ1) is 17.0. The molecule has 0 saturated carbocycles. The SMILES string of the molecule is CC(=O)N1N=C(c2cc(-c3ccccc3)nc3ccccc23)OC1/C=C/c1ccccc1[N+](=O)[O-]. The Bertz CT molecular complexity index is 1500. The molecule has 1 atom stereocenters. The van der Waals surface area contributed by atoms with Crippen molar-refractivity contribution in [3.05, 3.63) is 112 Å². The number of amides is 1. The maximum absolute atomic E-state index is 12.4. The standard InChI is InChI=1S/C27H20N4O4/c1-18(32)30-26(16-15-20-11-5-8-14-25(20)31(33)34)35-27(29-30)22-17-24(19-9-3-2-4-10-19)28-23-13-7-6-12-21(22)23/h2-17,26H,1H3/b16-15+. The molecule has 0 saturated heterocycles. The zero-order valence-corrected chi connectivity index (χ0v) is 18.7. The number of carbonyl (C=O) groups excluding carboxylic acids is 1. The molecule has 1 aromatic heterocycles. The van der Waals surface area contributed by atoms with Crippen LogP contribution in [0.3, 0.4) is 0 Å². The molecule has 0 spiro atoms. The Balaban J connectivity index is 1.55. The van der Waals surface area contributed by atoms with Crippen LogP contribution in [0.4, 0.5) is 5.69 Å². The van der Waals surface area contributed by atoms with Gasteiger partial charge in [-0.25, -0.2) is 4.98 Å². The zero-order chi connectivity index (χ0) is 24.4. The molecule has 1 amide bonds. The fourth-order valence-electron chi connectivity index (χ4n) is 3.92. The third kappa shape index (κ3) is 4.37. The summed E-state index contributed by atoms with van der Waals surface area (Å²) in [5, 5.41) is 17.9. The Labute approximate surface area is 200 Å². The lowest BCUT2D eigenvalue weighted by atomic mass is 10.0. The second-order valence-electron chi connectivity index (χ2n) is 7.89. The lowest BCUT2D eigenvalue weighted by Gasteiger charge is -2.15. The van der Waals surface area contributed by atoms with Crippen LogP contribution < -0.4 is 0 Å². The highest BCUT2D eigenvalue weighted by Crippen LogP contribution is 2.29. The van der Waals surface area contributed by atoms with Gasteiger partial charge in [0.15, 0.2) is 0 Å². The zero-order valence-electron chi connectivity index (χ0n) is 18.7. The average molecular weight is 464 g/mol. The largest absolute Gasteiger partial charge is 0.446 e. The van der Waals surface area contributed by atoms with E-state index in [1.54, 1.807) is 30.4 Å². The van der Waals surface area contributed by atoms with Crippen molar-refractivity contribution < 1.29 is 14.5 Å². The van der Waals surface area contributed by atoms with Gasteiger partial charge in [-0.05, 0) is 30.4 Å². The molecule has 1 aliphatic rings. The van der Waals surface area contributed by atoms with E-state index in [1.807, 2.05) is 60.7 Å². The van der Waals surface area contributed by atoms with E-state index in [-0.39, 0.29) is 17.5 Å². The number of para-hydroxylation sites is 2.